The molecule has 0 bridgehead atoms. The molecular formula is C30H42N4O6. The van der Waals surface area contributed by atoms with E-state index < -0.39 is 47.9 Å². The maximum absolute atomic E-state index is 13.3. The van der Waals surface area contributed by atoms with Crippen molar-refractivity contribution in [2.75, 3.05) is 0 Å². The molecule has 10 heteroatoms. The molecule has 0 saturated carbocycles. The molecule has 4 unspecified atom stereocenters. The molecule has 0 radical (unpaired) electrons. The largest absolute Gasteiger partial charge is 0.508 e. The molecule has 0 spiro atoms. The SMILES string of the molecule is CC(C)CC(NC(=O)C(N)Cc1ccccc1)C(=O)NC(CC(C)C)C(=O)NC(Cc1ccc(O)cc1)C(=O)O. The Balaban J connectivity index is 2.13. The average molecular weight is 555 g/mol. The lowest BCUT2D eigenvalue weighted by molar-refractivity contribution is -0.142. The minimum Gasteiger partial charge on any atom is -0.508 e. The number of phenols is 1. The van der Waals surface area contributed by atoms with Crippen molar-refractivity contribution in [3.63, 3.8) is 0 Å². The van der Waals surface area contributed by atoms with Crippen LogP contribution in [-0.2, 0) is 32.0 Å². The molecule has 218 valence electrons. The fraction of sp³-hybridized carbons (Fsp3) is 0.467. The molecule has 2 rings (SSSR count). The zero-order valence-electron chi connectivity index (χ0n) is 23.6. The molecule has 2 aromatic rings. The van der Waals surface area contributed by atoms with Crippen molar-refractivity contribution in [2.24, 2.45) is 17.6 Å². The van der Waals surface area contributed by atoms with Crippen LogP contribution in [0, 0.1) is 11.8 Å². The second kappa shape index (κ2) is 15.6. The zero-order valence-corrected chi connectivity index (χ0v) is 23.6. The highest BCUT2D eigenvalue weighted by atomic mass is 16.4. The first kappa shape index (κ1) is 32.3. The number of hydrogen-bond donors (Lipinski definition) is 6. The normalized spacial score (nSPS) is 14.2. The van der Waals surface area contributed by atoms with E-state index in [4.69, 9.17) is 5.73 Å². The van der Waals surface area contributed by atoms with Gasteiger partial charge in [0.25, 0.3) is 0 Å². The lowest BCUT2D eigenvalue weighted by Crippen LogP contribution is -2.57. The van der Waals surface area contributed by atoms with Crippen LogP contribution in [0.2, 0.25) is 0 Å². The summed E-state index contributed by atoms with van der Waals surface area (Å²) in [5, 5.41) is 27.2. The fourth-order valence-corrected chi connectivity index (χ4v) is 4.26. The molecule has 0 saturated heterocycles. The average Bonchev–Trinajstić information content (AvgIpc) is 2.88. The number of carbonyl (C=O) groups is 4. The van der Waals surface area contributed by atoms with Gasteiger partial charge in [0.15, 0.2) is 0 Å². The van der Waals surface area contributed by atoms with E-state index in [1.54, 1.807) is 12.1 Å². The summed E-state index contributed by atoms with van der Waals surface area (Å²) in [5.74, 6) is -2.77. The van der Waals surface area contributed by atoms with E-state index in [1.165, 1.54) is 12.1 Å². The molecule has 0 heterocycles. The lowest BCUT2D eigenvalue weighted by Gasteiger charge is -2.27. The number of carboxylic acid groups (broad SMARTS) is 1. The molecular weight excluding hydrogens is 512 g/mol. The molecule has 0 aromatic heterocycles. The van der Waals surface area contributed by atoms with Gasteiger partial charge in [0.2, 0.25) is 17.7 Å². The number of carboxylic acids is 1. The molecule has 3 amide bonds. The van der Waals surface area contributed by atoms with Crippen molar-refractivity contribution in [3.05, 3.63) is 65.7 Å². The summed E-state index contributed by atoms with van der Waals surface area (Å²) in [6, 6.07) is 11.3. The molecule has 0 fully saturated rings. The predicted molar refractivity (Wildman–Crippen MR) is 152 cm³/mol. The Kier molecular flexibility index (Phi) is 12.6. The van der Waals surface area contributed by atoms with Gasteiger partial charge in [-0.3, -0.25) is 14.4 Å². The van der Waals surface area contributed by atoms with Gasteiger partial charge in [-0.05, 0) is 54.4 Å². The Hall–Kier alpha value is -3.92. The van der Waals surface area contributed by atoms with Gasteiger partial charge in [-0.1, -0.05) is 70.2 Å². The van der Waals surface area contributed by atoms with Crippen molar-refractivity contribution in [2.45, 2.75) is 77.5 Å². The Bertz CT molecular complexity index is 1120. The van der Waals surface area contributed by atoms with Crippen LogP contribution < -0.4 is 21.7 Å². The van der Waals surface area contributed by atoms with Crippen molar-refractivity contribution in [1.82, 2.24) is 16.0 Å². The van der Waals surface area contributed by atoms with Crippen molar-refractivity contribution < 1.29 is 29.4 Å². The number of carbonyl (C=O) groups excluding carboxylic acids is 3. The third kappa shape index (κ3) is 11.1. The van der Waals surface area contributed by atoms with Crippen molar-refractivity contribution >= 4 is 23.7 Å². The predicted octanol–water partition coefficient (Wildman–Crippen LogP) is 2.14. The molecule has 4 atom stereocenters. The van der Waals surface area contributed by atoms with Crippen LogP contribution in [0.5, 0.6) is 5.75 Å². The Morgan fingerprint density at radius 3 is 1.60 bits per heavy atom. The number of aromatic hydroxyl groups is 1. The van der Waals surface area contributed by atoms with Crippen LogP contribution >= 0.6 is 0 Å². The summed E-state index contributed by atoms with van der Waals surface area (Å²) in [6.45, 7) is 7.59. The fourth-order valence-electron chi connectivity index (χ4n) is 4.26. The summed E-state index contributed by atoms with van der Waals surface area (Å²) < 4.78 is 0. The van der Waals surface area contributed by atoms with Gasteiger partial charge in [0.05, 0.1) is 6.04 Å². The third-order valence-electron chi connectivity index (χ3n) is 6.31. The summed E-state index contributed by atoms with van der Waals surface area (Å²) in [7, 11) is 0. The molecule has 0 aliphatic carbocycles. The number of nitrogens with one attached hydrogen (secondary N) is 3. The van der Waals surface area contributed by atoms with Gasteiger partial charge >= 0.3 is 5.97 Å². The number of benzene rings is 2. The monoisotopic (exact) mass is 554 g/mol. The van der Waals surface area contributed by atoms with E-state index in [9.17, 15) is 29.4 Å². The summed E-state index contributed by atoms with van der Waals surface area (Å²) in [4.78, 5) is 51.4. The molecule has 0 aliphatic rings. The van der Waals surface area contributed by atoms with Crippen LogP contribution in [0.25, 0.3) is 0 Å². The molecule has 2 aromatic carbocycles. The van der Waals surface area contributed by atoms with Crippen LogP contribution in [0.1, 0.15) is 51.7 Å². The second-order valence-electron chi connectivity index (χ2n) is 10.9. The Labute approximate surface area is 235 Å². The Morgan fingerprint density at radius 1 is 0.675 bits per heavy atom. The first-order valence-electron chi connectivity index (χ1n) is 13.6. The Morgan fingerprint density at radius 2 is 1.12 bits per heavy atom. The van der Waals surface area contributed by atoms with E-state index in [0.717, 1.165) is 5.56 Å². The summed E-state index contributed by atoms with van der Waals surface area (Å²) in [5.41, 5.74) is 7.63. The molecule has 0 aliphatic heterocycles. The van der Waals surface area contributed by atoms with Gasteiger partial charge in [0, 0.05) is 6.42 Å². The first-order valence-corrected chi connectivity index (χ1v) is 13.6. The minimum atomic E-state index is -1.24. The maximum Gasteiger partial charge on any atom is 0.326 e. The van der Waals surface area contributed by atoms with Gasteiger partial charge in [-0.2, -0.15) is 0 Å². The van der Waals surface area contributed by atoms with E-state index in [1.807, 2.05) is 58.0 Å². The van der Waals surface area contributed by atoms with Crippen LogP contribution in [0.15, 0.2) is 54.6 Å². The van der Waals surface area contributed by atoms with E-state index in [0.29, 0.717) is 18.4 Å². The minimum absolute atomic E-state index is 0.00493. The standard InChI is InChI=1S/C30H42N4O6/c1-18(2)14-24(32-27(36)23(31)16-20-8-6-5-7-9-20)28(37)33-25(15-19(3)4)29(38)34-26(30(39)40)17-21-10-12-22(35)13-11-21/h5-13,18-19,23-26,35H,14-17,31H2,1-4H3,(H,32,36)(H,33,37)(H,34,38)(H,39,40). The highest BCUT2D eigenvalue weighted by molar-refractivity contribution is 5.94. The third-order valence-corrected chi connectivity index (χ3v) is 6.31. The topological polar surface area (TPSA) is 171 Å². The van der Waals surface area contributed by atoms with Gasteiger partial charge in [0.1, 0.15) is 23.9 Å². The molecule has 7 N–H and O–H groups in total. The zero-order chi connectivity index (χ0) is 29.8. The van der Waals surface area contributed by atoms with Crippen LogP contribution in [0.3, 0.4) is 0 Å². The smallest absolute Gasteiger partial charge is 0.326 e. The molecule has 10 nitrogen and oxygen atoms in total. The van der Waals surface area contributed by atoms with E-state index in [2.05, 4.69) is 16.0 Å². The number of phenolic OH excluding ortho intramolecular Hbond substituents is 1. The van der Waals surface area contributed by atoms with Gasteiger partial charge in [-0.15, -0.1) is 0 Å². The number of hydrogen-bond acceptors (Lipinski definition) is 6. The highest BCUT2D eigenvalue weighted by Gasteiger charge is 2.31. The number of amides is 3. The van der Waals surface area contributed by atoms with Crippen molar-refractivity contribution in [3.8, 4) is 5.75 Å². The van der Waals surface area contributed by atoms with Crippen molar-refractivity contribution in [1.29, 1.82) is 0 Å². The lowest BCUT2D eigenvalue weighted by atomic mass is 9.99. The quantitative estimate of drug-likeness (QED) is 0.196. The highest BCUT2D eigenvalue weighted by Crippen LogP contribution is 2.13. The van der Waals surface area contributed by atoms with Gasteiger partial charge in [-0.25, -0.2) is 4.79 Å². The van der Waals surface area contributed by atoms with Crippen LogP contribution in [-0.4, -0.2) is 58.1 Å². The van der Waals surface area contributed by atoms with Crippen LogP contribution in [0.4, 0.5) is 0 Å². The van der Waals surface area contributed by atoms with E-state index in [-0.39, 0.29) is 30.4 Å². The summed E-state index contributed by atoms with van der Waals surface area (Å²) in [6.07, 6.45) is 0.886. The maximum atomic E-state index is 13.3. The van der Waals surface area contributed by atoms with E-state index >= 15 is 0 Å². The number of aliphatic carboxylic acids is 1. The number of rotatable bonds is 15. The second-order valence-corrected chi connectivity index (χ2v) is 10.9. The summed E-state index contributed by atoms with van der Waals surface area (Å²) >= 11 is 0. The molecule has 40 heavy (non-hydrogen) atoms. The van der Waals surface area contributed by atoms with Gasteiger partial charge < -0.3 is 31.9 Å². The number of nitrogens with two attached hydrogens (primary N) is 1. The first-order chi connectivity index (χ1) is 18.8.